The van der Waals surface area contributed by atoms with Crippen LogP contribution < -0.4 is 35.4 Å². The summed E-state index contributed by atoms with van der Waals surface area (Å²) in [5.74, 6) is 1.14. The Morgan fingerprint density at radius 2 is 1.69 bits per heavy atom. The zero-order valence-corrected chi connectivity index (χ0v) is 33.9. The van der Waals surface area contributed by atoms with Crippen molar-refractivity contribution >= 4 is 57.1 Å². The van der Waals surface area contributed by atoms with E-state index >= 15 is 0 Å². The van der Waals surface area contributed by atoms with Crippen molar-refractivity contribution in [3.63, 3.8) is 0 Å². The molecule has 0 radical (unpaired) electrons. The zero-order chi connectivity index (χ0) is 40.0. The molecule has 0 bridgehead atoms. The number of carbonyl (C=O) groups excluding carboxylic acids is 2. The summed E-state index contributed by atoms with van der Waals surface area (Å²) in [5, 5.41) is 15.2. The molecule has 0 spiro atoms. The number of ether oxygens (including phenoxy) is 1. The van der Waals surface area contributed by atoms with Crippen molar-refractivity contribution in [2.75, 3.05) is 90.8 Å². The molecule has 3 N–H and O–H groups in total. The van der Waals surface area contributed by atoms with Crippen LogP contribution in [0.15, 0.2) is 54.9 Å². The fourth-order valence-electron chi connectivity index (χ4n) is 9.70. The molecule has 2 amide bonds. The summed E-state index contributed by atoms with van der Waals surface area (Å²) >= 11 is 0. The van der Waals surface area contributed by atoms with Gasteiger partial charge in [0.05, 0.1) is 46.9 Å². The molecule has 8 heterocycles. The quantitative estimate of drug-likeness (QED) is 0.186. The molecule has 15 heteroatoms. The highest BCUT2D eigenvalue weighted by molar-refractivity contribution is 6.03. The van der Waals surface area contributed by atoms with Crippen molar-refractivity contribution in [1.29, 1.82) is 0 Å². The van der Waals surface area contributed by atoms with E-state index in [2.05, 4.69) is 94.9 Å². The van der Waals surface area contributed by atoms with Gasteiger partial charge < -0.3 is 30.1 Å². The molecular formula is C44H52N12O3. The van der Waals surface area contributed by atoms with Crippen molar-refractivity contribution in [2.24, 2.45) is 13.0 Å². The van der Waals surface area contributed by atoms with Crippen LogP contribution in [0.1, 0.15) is 54.1 Å². The van der Waals surface area contributed by atoms with Crippen LogP contribution in [-0.4, -0.2) is 107 Å². The number of nitrogens with one attached hydrogen (secondary N) is 3. The maximum atomic E-state index is 12.7. The van der Waals surface area contributed by atoms with Crippen molar-refractivity contribution in [3.05, 3.63) is 77.4 Å². The summed E-state index contributed by atoms with van der Waals surface area (Å²) in [4.78, 5) is 48.6. The molecule has 1 atom stereocenters. The number of imide groups is 1. The molecule has 2 aromatic carbocycles. The van der Waals surface area contributed by atoms with Gasteiger partial charge in [-0.25, -0.2) is 15.0 Å². The third-order valence-corrected chi connectivity index (χ3v) is 13.0. The molecule has 10 rings (SSSR count). The standard InChI is InChI=1S/C44H52N12O3/c1-28-37(25-46-43-39(28)45-15-23-59-43)56-18-14-30-24-47-44(49-35(30)27-56)48-31-6-8-32(9-7-31)54-16-12-29(13-17-54)26-53-19-21-55(22-20-53)36-5-3-4-33-40(51-52(2)41(33)36)34-10-11-38(57)50-42(34)58/h3-9,24-25,29,34,45H,10-23,26-27H2,1-2H3,(H,47,48,49)(H,50,57,58). The van der Waals surface area contributed by atoms with Crippen LogP contribution in [0.2, 0.25) is 0 Å². The van der Waals surface area contributed by atoms with Gasteiger partial charge in [0.2, 0.25) is 23.6 Å². The van der Waals surface area contributed by atoms with Gasteiger partial charge in [-0.15, -0.1) is 0 Å². The maximum absolute atomic E-state index is 12.7. The number of aromatic nitrogens is 5. The van der Waals surface area contributed by atoms with Gasteiger partial charge in [0.1, 0.15) is 12.3 Å². The highest BCUT2D eigenvalue weighted by atomic mass is 16.5. The minimum Gasteiger partial charge on any atom is -0.474 e. The molecule has 5 aliphatic rings. The number of rotatable bonds is 8. The van der Waals surface area contributed by atoms with E-state index in [0.29, 0.717) is 43.7 Å². The number of aryl methyl sites for hydroxylation is 1. The predicted octanol–water partition coefficient (Wildman–Crippen LogP) is 4.74. The first-order valence-corrected chi connectivity index (χ1v) is 21.2. The van der Waals surface area contributed by atoms with Gasteiger partial charge in [0.15, 0.2) is 0 Å². The van der Waals surface area contributed by atoms with Crippen molar-refractivity contribution in [1.82, 2.24) is 34.9 Å². The Kier molecular flexibility index (Phi) is 9.91. The Balaban J connectivity index is 0.708. The number of carbonyl (C=O) groups is 2. The third kappa shape index (κ3) is 7.36. The Bertz CT molecular complexity index is 2380. The fraction of sp³-hybridized carbons (Fsp3) is 0.455. The Morgan fingerprint density at radius 3 is 2.51 bits per heavy atom. The molecule has 3 fully saturated rings. The second kappa shape index (κ2) is 15.7. The van der Waals surface area contributed by atoms with Gasteiger partial charge in [-0.1, -0.05) is 12.1 Å². The Morgan fingerprint density at radius 1 is 0.864 bits per heavy atom. The van der Waals surface area contributed by atoms with Crippen LogP contribution in [0.25, 0.3) is 10.9 Å². The van der Waals surface area contributed by atoms with Crippen molar-refractivity contribution in [2.45, 2.75) is 51.5 Å². The van der Waals surface area contributed by atoms with E-state index in [0.717, 1.165) is 116 Å². The van der Waals surface area contributed by atoms with Crippen LogP contribution in [0.4, 0.5) is 34.4 Å². The van der Waals surface area contributed by atoms with Crippen molar-refractivity contribution < 1.29 is 14.3 Å². The first kappa shape index (κ1) is 37.3. The second-order valence-electron chi connectivity index (χ2n) is 16.6. The molecule has 306 valence electrons. The topological polar surface area (TPSA) is 149 Å². The van der Waals surface area contributed by atoms with Gasteiger partial charge in [-0.2, -0.15) is 5.10 Å². The van der Waals surface area contributed by atoms with Crippen LogP contribution in [0.3, 0.4) is 0 Å². The lowest BCUT2D eigenvalue weighted by Gasteiger charge is -2.40. The van der Waals surface area contributed by atoms with Gasteiger partial charge in [0, 0.05) is 101 Å². The molecule has 1 unspecified atom stereocenters. The predicted molar refractivity (Wildman–Crippen MR) is 229 cm³/mol. The molecule has 3 aromatic heterocycles. The third-order valence-electron chi connectivity index (χ3n) is 13.0. The number of anilines is 6. The van der Waals surface area contributed by atoms with Crippen LogP contribution >= 0.6 is 0 Å². The number of pyridine rings is 1. The fourth-order valence-corrected chi connectivity index (χ4v) is 9.70. The van der Waals surface area contributed by atoms with E-state index in [1.807, 2.05) is 24.1 Å². The summed E-state index contributed by atoms with van der Waals surface area (Å²) in [6.07, 6.45) is 8.00. The average Bonchev–Trinajstić information content (AvgIpc) is 3.60. The molecular weight excluding hydrogens is 745 g/mol. The number of piperazine rings is 1. The largest absolute Gasteiger partial charge is 0.474 e. The van der Waals surface area contributed by atoms with E-state index in [1.165, 1.54) is 24.1 Å². The molecule has 59 heavy (non-hydrogen) atoms. The van der Waals surface area contributed by atoms with E-state index in [-0.39, 0.29) is 11.8 Å². The van der Waals surface area contributed by atoms with Crippen LogP contribution in [-0.2, 0) is 29.6 Å². The molecule has 0 aliphatic carbocycles. The number of amides is 2. The summed E-state index contributed by atoms with van der Waals surface area (Å²) < 4.78 is 7.66. The summed E-state index contributed by atoms with van der Waals surface area (Å²) in [5.41, 5.74) is 10.7. The number of hydrogen-bond donors (Lipinski definition) is 3. The van der Waals surface area contributed by atoms with E-state index in [1.54, 1.807) is 0 Å². The number of piperidine rings is 2. The Labute approximate surface area is 344 Å². The highest BCUT2D eigenvalue weighted by Gasteiger charge is 2.33. The lowest BCUT2D eigenvalue weighted by molar-refractivity contribution is -0.134. The lowest BCUT2D eigenvalue weighted by Crippen LogP contribution is -2.49. The van der Waals surface area contributed by atoms with Crippen LogP contribution in [0, 0.1) is 12.8 Å². The molecule has 15 nitrogen and oxygen atoms in total. The maximum Gasteiger partial charge on any atom is 0.237 e. The average molecular weight is 797 g/mol. The van der Waals surface area contributed by atoms with Gasteiger partial charge in [-0.05, 0) is 74.4 Å². The molecule has 0 saturated carbocycles. The van der Waals surface area contributed by atoms with Gasteiger partial charge in [0.25, 0.3) is 0 Å². The number of benzene rings is 2. The summed E-state index contributed by atoms with van der Waals surface area (Å²) in [6, 6.07) is 15.0. The second-order valence-corrected chi connectivity index (χ2v) is 16.6. The summed E-state index contributed by atoms with van der Waals surface area (Å²) in [6.45, 7) is 12.4. The molecule has 5 aromatic rings. The first-order chi connectivity index (χ1) is 28.8. The number of hydrogen-bond acceptors (Lipinski definition) is 13. The lowest BCUT2D eigenvalue weighted by atomic mass is 9.92. The van der Waals surface area contributed by atoms with Crippen LogP contribution in [0.5, 0.6) is 5.88 Å². The van der Waals surface area contributed by atoms with E-state index in [9.17, 15) is 9.59 Å². The normalized spacial score (nSPS) is 20.2. The SMILES string of the molecule is Cc1c(N2CCc3cnc(Nc4ccc(N5CCC(CN6CCN(c7cccc8c(C9CCC(=O)NC9=O)nn(C)c78)CC6)CC5)cc4)nc3C2)cnc2c1NCCO2. The first-order valence-electron chi connectivity index (χ1n) is 21.2. The smallest absolute Gasteiger partial charge is 0.237 e. The molecule has 5 aliphatic heterocycles. The molecule has 3 saturated heterocycles. The number of fused-ring (bicyclic) bond motifs is 3. The highest BCUT2D eigenvalue weighted by Crippen LogP contribution is 2.38. The zero-order valence-electron chi connectivity index (χ0n) is 33.9. The van der Waals surface area contributed by atoms with E-state index < -0.39 is 5.92 Å². The Hall–Kier alpha value is -5.96. The minimum absolute atomic E-state index is 0.203. The van der Waals surface area contributed by atoms with Crippen molar-refractivity contribution in [3.8, 4) is 5.88 Å². The van der Waals surface area contributed by atoms with Gasteiger partial charge >= 0.3 is 0 Å². The monoisotopic (exact) mass is 796 g/mol. The number of para-hydroxylation sites is 1. The number of nitrogens with zero attached hydrogens (tertiary/aromatic N) is 9. The van der Waals surface area contributed by atoms with Gasteiger partial charge in [-0.3, -0.25) is 24.5 Å². The van der Waals surface area contributed by atoms with E-state index in [4.69, 9.17) is 14.8 Å². The summed E-state index contributed by atoms with van der Waals surface area (Å²) in [7, 11) is 1.96. The minimum atomic E-state index is -0.399.